The third-order valence-corrected chi connectivity index (χ3v) is 4.11. The second-order valence-electron chi connectivity index (χ2n) is 3.43. The van der Waals surface area contributed by atoms with Crippen LogP contribution in [-0.2, 0) is 9.84 Å². The van der Waals surface area contributed by atoms with E-state index in [9.17, 15) is 8.42 Å². The molecule has 0 aliphatic heterocycles. The van der Waals surface area contributed by atoms with Crippen LogP contribution >= 0.6 is 12.2 Å². The van der Waals surface area contributed by atoms with Crippen molar-refractivity contribution in [3.05, 3.63) is 24.0 Å². The van der Waals surface area contributed by atoms with Crippen molar-refractivity contribution in [2.45, 2.75) is 6.92 Å². The van der Waals surface area contributed by atoms with Gasteiger partial charge in [0.2, 0.25) is 0 Å². The van der Waals surface area contributed by atoms with E-state index >= 15 is 0 Å². The van der Waals surface area contributed by atoms with Gasteiger partial charge >= 0.3 is 0 Å². The minimum Gasteiger partial charge on any atom is -0.388 e. The minimum absolute atomic E-state index is 0.0785. The Morgan fingerprint density at radius 2 is 2.29 bits per heavy atom. The lowest BCUT2D eigenvalue weighted by Crippen LogP contribution is -2.20. The van der Waals surface area contributed by atoms with Crippen molar-refractivity contribution in [1.29, 1.82) is 0 Å². The summed E-state index contributed by atoms with van der Waals surface area (Å²) in [6.07, 6.45) is 1.59. The molecule has 3 N–H and O–H groups in total. The van der Waals surface area contributed by atoms with Gasteiger partial charge in [-0.15, -0.1) is 0 Å². The summed E-state index contributed by atoms with van der Waals surface area (Å²) >= 11 is 4.85. The van der Waals surface area contributed by atoms with Gasteiger partial charge in [-0.05, 0) is 12.1 Å². The Morgan fingerprint density at radius 3 is 2.88 bits per heavy atom. The number of thiocarbonyl (C=S) groups is 1. The quantitative estimate of drug-likeness (QED) is 0.737. The number of nitrogens with zero attached hydrogens (tertiary/aromatic N) is 1. The van der Waals surface area contributed by atoms with Crippen LogP contribution in [0.3, 0.4) is 0 Å². The van der Waals surface area contributed by atoms with Gasteiger partial charge in [-0.1, -0.05) is 19.1 Å². The van der Waals surface area contributed by atoms with E-state index in [2.05, 4.69) is 10.3 Å². The third-order valence-electron chi connectivity index (χ3n) is 2.21. The molecule has 1 aromatic heterocycles. The fraction of sp³-hybridized carbons (Fsp3) is 0.400. The summed E-state index contributed by atoms with van der Waals surface area (Å²) in [6.45, 7) is 1.94. The van der Waals surface area contributed by atoms with Crippen LogP contribution in [0.5, 0.6) is 0 Å². The molecular weight excluding hydrogens is 258 g/mol. The molecule has 17 heavy (non-hydrogen) atoms. The van der Waals surface area contributed by atoms with Gasteiger partial charge in [0.15, 0.2) is 9.84 Å². The highest BCUT2D eigenvalue weighted by Gasteiger charge is 2.09. The first-order valence-corrected chi connectivity index (χ1v) is 7.38. The molecule has 0 saturated carbocycles. The number of hydrogen-bond acceptors (Lipinski definition) is 5. The predicted molar refractivity (Wildman–Crippen MR) is 72.9 cm³/mol. The van der Waals surface area contributed by atoms with E-state index in [1.807, 2.05) is 0 Å². The van der Waals surface area contributed by atoms with E-state index in [0.717, 1.165) is 0 Å². The van der Waals surface area contributed by atoms with E-state index < -0.39 is 9.84 Å². The molecule has 1 aromatic rings. The summed E-state index contributed by atoms with van der Waals surface area (Å²) in [5, 5.41) is 2.98. The van der Waals surface area contributed by atoms with Gasteiger partial charge in [-0.2, -0.15) is 0 Å². The van der Waals surface area contributed by atoms with E-state index in [0.29, 0.717) is 17.9 Å². The lowest BCUT2D eigenvalue weighted by atomic mass is 10.3. The van der Waals surface area contributed by atoms with Crippen LogP contribution in [0.4, 0.5) is 5.69 Å². The average Bonchev–Trinajstić information content (AvgIpc) is 2.29. The van der Waals surface area contributed by atoms with E-state index in [-0.39, 0.29) is 16.5 Å². The normalized spacial score (nSPS) is 11.1. The highest BCUT2D eigenvalue weighted by atomic mass is 32.2. The first-order chi connectivity index (χ1) is 7.96. The summed E-state index contributed by atoms with van der Waals surface area (Å²) in [5.41, 5.74) is 6.65. The molecule has 0 aliphatic rings. The number of sulfone groups is 1. The lowest BCUT2D eigenvalue weighted by Gasteiger charge is -2.09. The van der Waals surface area contributed by atoms with Crippen LogP contribution in [0.15, 0.2) is 18.3 Å². The van der Waals surface area contributed by atoms with Crippen molar-refractivity contribution >= 4 is 32.7 Å². The number of rotatable bonds is 6. The van der Waals surface area contributed by atoms with Crippen LogP contribution in [0, 0.1) is 0 Å². The molecule has 0 saturated heterocycles. The molecule has 0 bridgehead atoms. The second-order valence-corrected chi connectivity index (χ2v) is 6.34. The van der Waals surface area contributed by atoms with E-state index in [4.69, 9.17) is 18.0 Å². The van der Waals surface area contributed by atoms with Crippen molar-refractivity contribution in [2.24, 2.45) is 5.73 Å². The lowest BCUT2D eigenvalue weighted by molar-refractivity contribution is 0.597. The number of nitrogens with one attached hydrogen (secondary N) is 1. The fourth-order valence-electron chi connectivity index (χ4n) is 1.23. The number of hydrogen-bond donors (Lipinski definition) is 2. The molecule has 94 valence electrons. The maximum atomic E-state index is 11.3. The van der Waals surface area contributed by atoms with Gasteiger partial charge < -0.3 is 11.1 Å². The molecule has 0 amide bonds. The van der Waals surface area contributed by atoms with Crippen molar-refractivity contribution in [3.63, 3.8) is 0 Å². The number of pyridine rings is 1. The van der Waals surface area contributed by atoms with Crippen LogP contribution in [0.2, 0.25) is 0 Å². The molecule has 5 nitrogen and oxygen atoms in total. The molecular formula is C10H15N3O2S2. The summed E-state index contributed by atoms with van der Waals surface area (Å²) in [4.78, 5) is 4.22. The van der Waals surface area contributed by atoms with Gasteiger partial charge in [-0.3, -0.25) is 4.98 Å². The molecule has 0 fully saturated rings. The van der Waals surface area contributed by atoms with Crippen molar-refractivity contribution in [3.8, 4) is 0 Å². The van der Waals surface area contributed by atoms with E-state index in [1.165, 1.54) is 0 Å². The maximum absolute atomic E-state index is 11.3. The largest absolute Gasteiger partial charge is 0.388 e. The van der Waals surface area contributed by atoms with Crippen molar-refractivity contribution in [1.82, 2.24) is 4.98 Å². The van der Waals surface area contributed by atoms with Crippen LogP contribution < -0.4 is 11.1 Å². The summed E-state index contributed by atoms with van der Waals surface area (Å²) in [7, 11) is -2.97. The Balaban J connectivity index is 2.67. The number of aromatic nitrogens is 1. The molecule has 1 rings (SSSR count). The molecule has 0 aliphatic carbocycles. The van der Waals surface area contributed by atoms with Gasteiger partial charge in [0.05, 0.1) is 11.4 Å². The maximum Gasteiger partial charge on any atom is 0.151 e. The Kier molecular flexibility index (Phi) is 4.83. The highest BCUT2D eigenvalue weighted by molar-refractivity contribution is 7.91. The van der Waals surface area contributed by atoms with Crippen molar-refractivity contribution < 1.29 is 8.42 Å². The second kappa shape index (κ2) is 5.92. The third kappa shape index (κ3) is 4.27. The fourth-order valence-corrected chi connectivity index (χ4v) is 2.09. The van der Waals surface area contributed by atoms with Crippen LogP contribution in [-0.4, -0.2) is 36.4 Å². The highest BCUT2D eigenvalue weighted by Crippen LogP contribution is 2.11. The SMILES string of the molecule is CCS(=O)(=O)CCNc1cccnc1C(N)=S. The smallest absolute Gasteiger partial charge is 0.151 e. The summed E-state index contributed by atoms with van der Waals surface area (Å²) in [6, 6.07) is 3.50. The molecule has 0 aromatic carbocycles. The van der Waals surface area contributed by atoms with Gasteiger partial charge in [0.1, 0.15) is 10.7 Å². The number of nitrogens with two attached hydrogens (primary N) is 1. The summed E-state index contributed by atoms with van der Waals surface area (Å²) < 4.78 is 22.6. The standard InChI is InChI=1S/C10H15N3O2S2/c1-2-17(14,15)7-6-12-8-4-3-5-13-9(8)10(11)16/h3-5,12H,2,6-7H2,1H3,(H2,11,16). The molecule has 0 radical (unpaired) electrons. The Bertz CT molecular complexity index is 500. The zero-order chi connectivity index (χ0) is 12.9. The molecule has 1 heterocycles. The zero-order valence-electron chi connectivity index (χ0n) is 9.51. The van der Waals surface area contributed by atoms with Gasteiger partial charge in [0, 0.05) is 18.5 Å². The van der Waals surface area contributed by atoms with Gasteiger partial charge in [0.25, 0.3) is 0 Å². The average molecular weight is 273 g/mol. The topological polar surface area (TPSA) is 85.1 Å². The summed E-state index contributed by atoms with van der Waals surface area (Å²) in [5.74, 6) is 0.221. The molecule has 0 atom stereocenters. The van der Waals surface area contributed by atoms with Gasteiger partial charge in [-0.25, -0.2) is 8.42 Å². The molecule has 0 spiro atoms. The van der Waals surface area contributed by atoms with Crippen LogP contribution in [0.25, 0.3) is 0 Å². The monoisotopic (exact) mass is 273 g/mol. The minimum atomic E-state index is -2.97. The van der Waals surface area contributed by atoms with E-state index in [1.54, 1.807) is 25.3 Å². The Hall–Kier alpha value is -1.21. The first kappa shape index (κ1) is 13.9. The molecule has 0 unspecified atom stereocenters. The molecule has 7 heteroatoms. The Morgan fingerprint density at radius 1 is 1.59 bits per heavy atom. The predicted octanol–water partition coefficient (Wildman–Crippen LogP) is 0.562. The first-order valence-electron chi connectivity index (χ1n) is 5.15. The Labute approximate surface area is 106 Å². The zero-order valence-corrected chi connectivity index (χ0v) is 11.1. The number of anilines is 1. The van der Waals surface area contributed by atoms with Crippen LogP contribution in [0.1, 0.15) is 12.6 Å². The van der Waals surface area contributed by atoms with Crippen molar-refractivity contribution in [2.75, 3.05) is 23.4 Å².